The van der Waals surface area contributed by atoms with Crippen LogP contribution in [-0.4, -0.2) is 23.7 Å². The number of aliphatic hydroxyl groups excluding tert-OH is 1. The molecular formula is C14H19NO2S. The van der Waals surface area contributed by atoms with Crippen LogP contribution in [0.1, 0.15) is 48.3 Å². The molecule has 1 heterocycles. The summed E-state index contributed by atoms with van der Waals surface area (Å²) < 4.78 is 0. The minimum absolute atomic E-state index is 0.0492. The molecule has 98 valence electrons. The molecule has 0 saturated heterocycles. The number of carbonyl (C=O) groups is 1. The van der Waals surface area contributed by atoms with Gasteiger partial charge in [0.2, 0.25) is 0 Å². The Balaban J connectivity index is 2.53. The van der Waals surface area contributed by atoms with Crippen molar-refractivity contribution in [3.63, 3.8) is 0 Å². The fraction of sp³-hybridized carbons (Fsp3) is 0.500. The van der Waals surface area contributed by atoms with Crippen molar-refractivity contribution in [3.05, 3.63) is 21.9 Å². The van der Waals surface area contributed by atoms with Gasteiger partial charge in [-0.05, 0) is 19.4 Å². The lowest BCUT2D eigenvalue weighted by Crippen LogP contribution is -2.32. The van der Waals surface area contributed by atoms with Gasteiger partial charge in [-0.2, -0.15) is 0 Å². The zero-order chi connectivity index (χ0) is 13.4. The van der Waals surface area contributed by atoms with Crippen molar-refractivity contribution >= 4 is 17.2 Å². The number of thiophene rings is 1. The molecule has 0 aliphatic carbocycles. The van der Waals surface area contributed by atoms with Crippen molar-refractivity contribution in [1.29, 1.82) is 0 Å². The summed E-state index contributed by atoms with van der Waals surface area (Å²) >= 11 is 1.42. The fourth-order valence-corrected chi connectivity index (χ4v) is 2.29. The van der Waals surface area contributed by atoms with Crippen LogP contribution in [0.25, 0.3) is 0 Å². The van der Waals surface area contributed by atoms with Crippen LogP contribution in [-0.2, 0) is 0 Å². The van der Waals surface area contributed by atoms with Gasteiger partial charge < -0.3 is 10.4 Å². The first-order valence-electron chi connectivity index (χ1n) is 6.16. The van der Waals surface area contributed by atoms with Gasteiger partial charge in [0, 0.05) is 11.4 Å². The molecule has 1 aromatic rings. The lowest BCUT2D eigenvalue weighted by Gasteiger charge is -2.12. The first-order chi connectivity index (χ1) is 8.67. The number of aliphatic hydroxyl groups is 1. The molecule has 1 aromatic heterocycles. The van der Waals surface area contributed by atoms with Crippen LogP contribution in [0.2, 0.25) is 0 Å². The summed E-state index contributed by atoms with van der Waals surface area (Å²) in [7, 11) is 0. The second-order valence-electron chi connectivity index (χ2n) is 4.18. The molecule has 0 bridgehead atoms. The maximum absolute atomic E-state index is 11.9. The molecule has 1 atom stereocenters. The van der Waals surface area contributed by atoms with E-state index in [0.717, 1.165) is 24.1 Å². The molecule has 0 radical (unpaired) electrons. The third-order valence-electron chi connectivity index (χ3n) is 2.52. The lowest BCUT2D eigenvalue weighted by molar-refractivity contribution is 0.0938. The first-order valence-corrected chi connectivity index (χ1v) is 7.04. The van der Waals surface area contributed by atoms with Gasteiger partial charge in [0.25, 0.3) is 5.91 Å². The Morgan fingerprint density at radius 2 is 2.39 bits per heavy atom. The number of rotatable bonds is 5. The van der Waals surface area contributed by atoms with Crippen LogP contribution in [0.5, 0.6) is 0 Å². The minimum Gasteiger partial charge on any atom is -0.384 e. The van der Waals surface area contributed by atoms with Crippen molar-refractivity contribution in [2.24, 2.45) is 0 Å². The second kappa shape index (κ2) is 7.91. The summed E-state index contributed by atoms with van der Waals surface area (Å²) in [4.78, 5) is 12.7. The monoisotopic (exact) mass is 265 g/mol. The highest BCUT2D eigenvalue weighted by Gasteiger charge is 2.10. The van der Waals surface area contributed by atoms with Gasteiger partial charge in [0.05, 0.1) is 10.4 Å². The van der Waals surface area contributed by atoms with E-state index in [1.54, 1.807) is 11.4 Å². The van der Waals surface area contributed by atoms with E-state index in [9.17, 15) is 4.79 Å². The van der Waals surface area contributed by atoms with E-state index in [-0.39, 0.29) is 18.6 Å². The van der Waals surface area contributed by atoms with Gasteiger partial charge in [-0.3, -0.25) is 4.79 Å². The minimum atomic E-state index is -0.159. The Morgan fingerprint density at radius 3 is 3.06 bits per heavy atom. The maximum atomic E-state index is 11.9. The van der Waals surface area contributed by atoms with Crippen LogP contribution in [0, 0.1) is 11.8 Å². The van der Waals surface area contributed by atoms with Crippen molar-refractivity contribution in [2.75, 3.05) is 6.61 Å². The number of carbonyl (C=O) groups excluding carboxylic acids is 1. The summed E-state index contributed by atoms with van der Waals surface area (Å²) in [6.07, 6.45) is 3.27. The molecule has 0 aromatic carbocycles. The van der Waals surface area contributed by atoms with Gasteiger partial charge in [-0.1, -0.05) is 31.6 Å². The molecule has 1 unspecified atom stereocenters. The average molecular weight is 265 g/mol. The fourth-order valence-electron chi connectivity index (χ4n) is 1.54. The highest BCUT2D eigenvalue weighted by molar-refractivity contribution is 7.10. The van der Waals surface area contributed by atoms with E-state index in [1.807, 2.05) is 6.92 Å². The quantitative estimate of drug-likeness (QED) is 0.803. The molecule has 0 spiro atoms. The van der Waals surface area contributed by atoms with E-state index >= 15 is 0 Å². The van der Waals surface area contributed by atoms with Crippen LogP contribution in [0.15, 0.2) is 11.4 Å². The highest BCUT2D eigenvalue weighted by atomic mass is 32.1. The Bertz CT molecular complexity index is 442. The van der Waals surface area contributed by atoms with Gasteiger partial charge in [-0.25, -0.2) is 0 Å². The Labute approximate surface area is 112 Å². The van der Waals surface area contributed by atoms with Crippen LogP contribution in [0.4, 0.5) is 0 Å². The van der Waals surface area contributed by atoms with E-state index in [1.165, 1.54) is 11.3 Å². The Hall–Kier alpha value is -1.31. The molecular weight excluding hydrogens is 246 g/mol. The number of hydrogen-bond acceptors (Lipinski definition) is 3. The molecule has 1 rings (SSSR count). The van der Waals surface area contributed by atoms with Crippen molar-refractivity contribution in [3.8, 4) is 11.8 Å². The van der Waals surface area contributed by atoms with Gasteiger partial charge in [-0.15, -0.1) is 11.3 Å². The molecule has 0 aliphatic rings. The highest BCUT2D eigenvalue weighted by Crippen LogP contribution is 2.13. The third-order valence-corrected chi connectivity index (χ3v) is 3.37. The van der Waals surface area contributed by atoms with Gasteiger partial charge in [0.1, 0.15) is 6.61 Å². The van der Waals surface area contributed by atoms with Crippen LogP contribution in [0.3, 0.4) is 0 Å². The molecule has 0 saturated carbocycles. The summed E-state index contributed by atoms with van der Waals surface area (Å²) in [5.41, 5.74) is 0.644. The molecule has 4 heteroatoms. The van der Waals surface area contributed by atoms with Crippen molar-refractivity contribution in [2.45, 2.75) is 39.2 Å². The van der Waals surface area contributed by atoms with Crippen molar-refractivity contribution in [1.82, 2.24) is 5.32 Å². The van der Waals surface area contributed by atoms with E-state index < -0.39 is 0 Å². The van der Waals surface area contributed by atoms with E-state index in [4.69, 9.17) is 5.11 Å². The predicted octanol–water partition coefficient (Wildman–Crippen LogP) is 2.40. The molecule has 2 N–H and O–H groups in total. The van der Waals surface area contributed by atoms with E-state index in [2.05, 4.69) is 24.1 Å². The standard InChI is InChI=1S/C14H19NO2S/c1-3-4-6-11(2)15-14(17)12-9-13(18-10-12)7-5-8-16/h9-11,16H,3-4,6,8H2,1-2H3,(H,15,17). The van der Waals surface area contributed by atoms with Gasteiger partial charge in [0.15, 0.2) is 0 Å². The maximum Gasteiger partial charge on any atom is 0.252 e. The van der Waals surface area contributed by atoms with Gasteiger partial charge >= 0.3 is 0 Å². The molecule has 18 heavy (non-hydrogen) atoms. The Morgan fingerprint density at radius 1 is 1.61 bits per heavy atom. The van der Waals surface area contributed by atoms with Crippen molar-refractivity contribution < 1.29 is 9.90 Å². The predicted molar refractivity (Wildman–Crippen MR) is 74.7 cm³/mol. The number of hydrogen-bond donors (Lipinski definition) is 2. The molecule has 0 aliphatic heterocycles. The first kappa shape index (κ1) is 14.7. The normalized spacial score (nSPS) is 11.5. The SMILES string of the molecule is CCCCC(C)NC(=O)c1csc(C#CCO)c1. The zero-order valence-electron chi connectivity index (χ0n) is 10.8. The van der Waals surface area contributed by atoms with E-state index in [0.29, 0.717) is 5.56 Å². The zero-order valence-corrected chi connectivity index (χ0v) is 11.6. The third kappa shape index (κ3) is 4.91. The van der Waals surface area contributed by atoms with Crippen LogP contribution < -0.4 is 5.32 Å². The number of amides is 1. The smallest absolute Gasteiger partial charge is 0.252 e. The number of unbranched alkanes of at least 4 members (excludes halogenated alkanes) is 1. The number of nitrogens with one attached hydrogen (secondary N) is 1. The largest absolute Gasteiger partial charge is 0.384 e. The molecule has 1 amide bonds. The summed E-state index contributed by atoms with van der Waals surface area (Å²) in [5.74, 6) is 5.32. The Kier molecular flexibility index (Phi) is 6.48. The summed E-state index contributed by atoms with van der Waals surface area (Å²) in [6, 6.07) is 1.96. The van der Waals surface area contributed by atoms with Crippen LogP contribution >= 0.6 is 11.3 Å². The average Bonchev–Trinajstić information content (AvgIpc) is 2.82. The summed E-state index contributed by atoms with van der Waals surface area (Å²) in [6.45, 7) is 4.00. The molecule has 0 fully saturated rings. The lowest BCUT2D eigenvalue weighted by atomic mass is 10.1. The summed E-state index contributed by atoms with van der Waals surface area (Å²) in [5, 5.41) is 13.4. The second-order valence-corrected chi connectivity index (χ2v) is 5.09. The topological polar surface area (TPSA) is 49.3 Å². The molecule has 3 nitrogen and oxygen atoms in total.